The van der Waals surface area contributed by atoms with Gasteiger partial charge in [0.15, 0.2) is 0 Å². The van der Waals surface area contributed by atoms with Crippen LogP contribution in [0.4, 0.5) is 0 Å². The van der Waals surface area contributed by atoms with E-state index in [0.717, 1.165) is 17.0 Å². The summed E-state index contributed by atoms with van der Waals surface area (Å²) in [5.74, 6) is 0.653. The third-order valence-electron chi connectivity index (χ3n) is 5.91. The molecule has 0 bridgehead atoms. The summed E-state index contributed by atoms with van der Waals surface area (Å²) in [5, 5.41) is 18.3. The molecule has 1 fully saturated rings. The molecule has 182 valence electrons. The zero-order valence-corrected chi connectivity index (χ0v) is 19.9. The number of nitrogens with one attached hydrogen (secondary N) is 1. The van der Waals surface area contributed by atoms with Crippen molar-refractivity contribution in [1.29, 1.82) is 0 Å². The number of methoxy groups -OCH3 is 1. The highest BCUT2D eigenvalue weighted by molar-refractivity contribution is 7.88. The van der Waals surface area contributed by atoms with Gasteiger partial charge in [0.05, 0.1) is 43.9 Å². The first-order valence-corrected chi connectivity index (χ1v) is 13.0. The third-order valence-corrected chi connectivity index (χ3v) is 7.29. The minimum absolute atomic E-state index is 0.100. The SMILES string of the molecule is COc1cccc(-c2cn(CC[C@H]3CC[C@H](NS(=O)(=O)Cc4ccccc4)[C@H](CO)O3)nn2)c1. The van der Waals surface area contributed by atoms with Gasteiger partial charge < -0.3 is 14.6 Å². The molecule has 3 aromatic rings. The monoisotopic (exact) mass is 486 g/mol. The van der Waals surface area contributed by atoms with Crippen molar-refractivity contribution < 1.29 is 23.0 Å². The summed E-state index contributed by atoms with van der Waals surface area (Å²) in [4.78, 5) is 0. The number of sulfonamides is 1. The molecule has 1 aliphatic heterocycles. The number of hydrogen-bond acceptors (Lipinski definition) is 7. The lowest BCUT2D eigenvalue weighted by Crippen LogP contribution is -2.51. The van der Waals surface area contributed by atoms with Crippen LogP contribution in [-0.4, -0.2) is 60.5 Å². The predicted molar refractivity (Wildman–Crippen MR) is 128 cm³/mol. The molecule has 0 amide bonds. The highest BCUT2D eigenvalue weighted by Crippen LogP contribution is 2.24. The molecule has 0 saturated carbocycles. The van der Waals surface area contributed by atoms with Crippen molar-refractivity contribution in [3.05, 3.63) is 66.4 Å². The molecule has 0 spiro atoms. The van der Waals surface area contributed by atoms with Crippen molar-refractivity contribution in [2.75, 3.05) is 13.7 Å². The molecule has 9 nitrogen and oxygen atoms in total. The van der Waals surface area contributed by atoms with E-state index in [1.807, 2.05) is 48.7 Å². The molecule has 0 aliphatic carbocycles. The number of aryl methyl sites for hydroxylation is 1. The first kappa shape index (κ1) is 24.3. The molecule has 34 heavy (non-hydrogen) atoms. The fourth-order valence-electron chi connectivity index (χ4n) is 4.14. The lowest BCUT2D eigenvalue weighted by Gasteiger charge is -2.36. The summed E-state index contributed by atoms with van der Waals surface area (Å²) < 4.78 is 41.0. The number of nitrogens with zero attached hydrogens (tertiary/aromatic N) is 3. The van der Waals surface area contributed by atoms with Crippen LogP contribution in [-0.2, 0) is 27.1 Å². The van der Waals surface area contributed by atoms with E-state index in [1.165, 1.54) is 0 Å². The van der Waals surface area contributed by atoms with Gasteiger partial charge in [0, 0.05) is 12.1 Å². The second kappa shape index (κ2) is 11.1. The van der Waals surface area contributed by atoms with Gasteiger partial charge in [-0.1, -0.05) is 47.7 Å². The van der Waals surface area contributed by atoms with Crippen LogP contribution in [0.1, 0.15) is 24.8 Å². The van der Waals surface area contributed by atoms with Gasteiger partial charge in [-0.25, -0.2) is 13.1 Å². The van der Waals surface area contributed by atoms with E-state index in [0.29, 0.717) is 31.4 Å². The van der Waals surface area contributed by atoms with Crippen LogP contribution < -0.4 is 9.46 Å². The van der Waals surface area contributed by atoms with Gasteiger partial charge in [-0.15, -0.1) is 5.10 Å². The number of aromatic nitrogens is 3. The quantitative estimate of drug-likeness (QED) is 0.452. The van der Waals surface area contributed by atoms with Crippen LogP contribution >= 0.6 is 0 Å². The number of hydrogen-bond donors (Lipinski definition) is 2. The maximum atomic E-state index is 12.6. The van der Waals surface area contributed by atoms with Crippen molar-refractivity contribution in [1.82, 2.24) is 19.7 Å². The Morgan fingerprint density at radius 3 is 2.76 bits per heavy atom. The van der Waals surface area contributed by atoms with Gasteiger partial charge in [0.1, 0.15) is 11.4 Å². The van der Waals surface area contributed by atoms with Crippen LogP contribution in [0, 0.1) is 0 Å². The van der Waals surface area contributed by atoms with E-state index in [2.05, 4.69) is 15.0 Å². The zero-order valence-electron chi connectivity index (χ0n) is 19.1. The Morgan fingerprint density at radius 1 is 1.18 bits per heavy atom. The van der Waals surface area contributed by atoms with Crippen LogP contribution in [0.2, 0.25) is 0 Å². The fraction of sp³-hybridized carbons (Fsp3) is 0.417. The normalized spacial score (nSPS) is 20.8. The van der Waals surface area contributed by atoms with E-state index in [9.17, 15) is 13.5 Å². The Bertz CT molecular complexity index is 1170. The molecule has 10 heteroatoms. The molecule has 2 aromatic carbocycles. The highest BCUT2D eigenvalue weighted by atomic mass is 32.2. The topological polar surface area (TPSA) is 116 Å². The largest absolute Gasteiger partial charge is 0.497 e. The fourth-order valence-corrected chi connectivity index (χ4v) is 5.59. The highest BCUT2D eigenvalue weighted by Gasteiger charge is 2.33. The van der Waals surface area contributed by atoms with Crippen LogP contribution in [0.3, 0.4) is 0 Å². The number of ether oxygens (including phenoxy) is 2. The van der Waals surface area contributed by atoms with Crippen molar-refractivity contribution in [2.45, 2.75) is 49.8 Å². The summed E-state index contributed by atoms with van der Waals surface area (Å²) in [7, 11) is -1.93. The smallest absolute Gasteiger partial charge is 0.216 e. The summed E-state index contributed by atoms with van der Waals surface area (Å²) >= 11 is 0. The summed E-state index contributed by atoms with van der Waals surface area (Å²) in [6.45, 7) is 0.350. The molecule has 1 saturated heterocycles. The Kier molecular flexibility index (Phi) is 7.94. The third kappa shape index (κ3) is 6.41. The van der Waals surface area contributed by atoms with E-state index in [-0.39, 0.29) is 18.5 Å². The van der Waals surface area contributed by atoms with Crippen molar-refractivity contribution in [3.63, 3.8) is 0 Å². The predicted octanol–water partition coefficient (Wildman–Crippen LogP) is 2.37. The minimum Gasteiger partial charge on any atom is -0.497 e. The lowest BCUT2D eigenvalue weighted by atomic mass is 9.98. The molecule has 0 unspecified atom stereocenters. The van der Waals surface area contributed by atoms with Crippen molar-refractivity contribution >= 4 is 10.0 Å². The van der Waals surface area contributed by atoms with Crippen LogP contribution in [0.25, 0.3) is 11.3 Å². The van der Waals surface area contributed by atoms with E-state index < -0.39 is 22.2 Å². The minimum atomic E-state index is -3.55. The van der Waals surface area contributed by atoms with E-state index in [1.54, 1.807) is 23.9 Å². The molecule has 4 rings (SSSR count). The summed E-state index contributed by atoms with van der Waals surface area (Å²) in [6, 6.07) is 16.2. The van der Waals surface area contributed by atoms with Gasteiger partial charge in [-0.05, 0) is 37.0 Å². The number of aliphatic hydroxyl groups is 1. The van der Waals surface area contributed by atoms with Gasteiger partial charge in [-0.3, -0.25) is 4.68 Å². The second-order valence-electron chi connectivity index (χ2n) is 8.41. The Balaban J connectivity index is 1.30. The van der Waals surface area contributed by atoms with Gasteiger partial charge in [0.2, 0.25) is 10.0 Å². The number of aliphatic hydroxyl groups excluding tert-OH is 1. The number of rotatable bonds is 10. The van der Waals surface area contributed by atoms with Gasteiger partial charge in [0.25, 0.3) is 0 Å². The van der Waals surface area contributed by atoms with Crippen LogP contribution in [0.15, 0.2) is 60.8 Å². The van der Waals surface area contributed by atoms with Crippen LogP contribution in [0.5, 0.6) is 5.75 Å². The molecule has 0 radical (unpaired) electrons. The van der Waals surface area contributed by atoms with Crippen molar-refractivity contribution in [3.8, 4) is 17.0 Å². The molecule has 1 aromatic heterocycles. The van der Waals surface area contributed by atoms with E-state index >= 15 is 0 Å². The first-order valence-electron chi connectivity index (χ1n) is 11.3. The molecule has 1 aliphatic rings. The maximum absolute atomic E-state index is 12.6. The molecule has 3 atom stereocenters. The average Bonchev–Trinajstić information content (AvgIpc) is 3.33. The Hall–Kier alpha value is -2.79. The Labute approximate surface area is 199 Å². The molecular formula is C24H30N4O5S. The second-order valence-corrected chi connectivity index (χ2v) is 10.2. The van der Waals surface area contributed by atoms with Crippen molar-refractivity contribution in [2.24, 2.45) is 0 Å². The molecule has 2 N–H and O–H groups in total. The molecule has 2 heterocycles. The maximum Gasteiger partial charge on any atom is 0.216 e. The van der Waals surface area contributed by atoms with Gasteiger partial charge >= 0.3 is 0 Å². The Morgan fingerprint density at radius 2 is 2.00 bits per heavy atom. The lowest BCUT2D eigenvalue weighted by molar-refractivity contribution is -0.0891. The number of benzene rings is 2. The van der Waals surface area contributed by atoms with Gasteiger partial charge in [-0.2, -0.15) is 0 Å². The first-order chi connectivity index (χ1) is 16.5. The van der Waals surface area contributed by atoms with E-state index in [4.69, 9.17) is 9.47 Å². The summed E-state index contributed by atoms with van der Waals surface area (Å²) in [6.07, 6.45) is 3.15. The summed E-state index contributed by atoms with van der Waals surface area (Å²) in [5.41, 5.74) is 2.39. The molecular weight excluding hydrogens is 456 g/mol. The standard InChI is InChI=1S/C24H30N4O5S/c1-32-21-9-5-8-19(14-21)23-15-28(27-25-23)13-12-20-10-11-22(24(16-29)33-20)26-34(30,31)17-18-6-3-2-4-7-18/h2-9,14-15,20,22,24,26,29H,10-13,16-17H2,1H3/t20-,22+,24+/m1/s1. The zero-order chi connectivity index (χ0) is 24.0. The average molecular weight is 487 g/mol.